The van der Waals surface area contributed by atoms with E-state index in [9.17, 15) is 13.6 Å². The Labute approximate surface area is 105 Å². The molecule has 98 valence electrons. The lowest BCUT2D eigenvalue weighted by atomic mass is 9.81. The van der Waals surface area contributed by atoms with Crippen molar-refractivity contribution < 1.29 is 13.6 Å². The van der Waals surface area contributed by atoms with E-state index in [1.165, 1.54) is 6.07 Å². The summed E-state index contributed by atoms with van der Waals surface area (Å²) in [6, 6.07) is 3.50. The predicted octanol–water partition coefficient (Wildman–Crippen LogP) is 2.59. The maximum absolute atomic E-state index is 13.0. The molecule has 1 aliphatic carbocycles. The summed E-state index contributed by atoms with van der Waals surface area (Å²) in [5.74, 6) is -1.89. The quantitative estimate of drug-likeness (QED) is 0.899. The molecule has 2 N–H and O–H groups in total. The third kappa shape index (κ3) is 2.93. The van der Waals surface area contributed by atoms with Crippen LogP contribution in [0, 0.1) is 17.6 Å². The van der Waals surface area contributed by atoms with Gasteiger partial charge < -0.3 is 5.73 Å². The van der Waals surface area contributed by atoms with Crippen molar-refractivity contribution in [2.24, 2.45) is 11.7 Å². The summed E-state index contributed by atoms with van der Waals surface area (Å²) in [5, 5.41) is 0. The third-order valence-electron chi connectivity index (χ3n) is 3.60. The molecule has 1 aliphatic rings. The van der Waals surface area contributed by atoms with Crippen LogP contribution >= 0.6 is 0 Å². The molecule has 1 saturated carbocycles. The fourth-order valence-corrected chi connectivity index (χ4v) is 2.54. The van der Waals surface area contributed by atoms with E-state index in [0.717, 1.165) is 37.8 Å². The van der Waals surface area contributed by atoms with Crippen LogP contribution in [0.5, 0.6) is 0 Å². The largest absolute Gasteiger partial charge is 0.327 e. The van der Waals surface area contributed by atoms with Gasteiger partial charge in [-0.3, -0.25) is 4.79 Å². The molecule has 2 atom stereocenters. The van der Waals surface area contributed by atoms with Crippen LogP contribution in [0.2, 0.25) is 0 Å². The number of nitrogens with two attached hydrogens (primary N) is 1. The standard InChI is InChI=1S/C14H17F2NO/c15-11-6-5-9(7-12(11)16)8-14(18)10-3-1-2-4-13(10)17/h5-7,10,13H,1-4,8,17H2. The minimum absolute atomic E-state index is 0.0354. The molecule has 0 radical (unpaired) electrons. The second-order valence-corrected chi connectivity index (χ2v) is 4.95. The normalized spacial score (nSPS) is 23.9. The minimum Gasteiger partial charge on any atom is -0.327 e. The summed E-state index contributed by atoms with van der Waals surface area (Å²) in [5.41, 5.74) is 6.44. The van der Waals surface area contributed by atoms with Gasteiger partial charge in [0.15, 0.2) is 11.6 Å². The number of hydrogen-bond acceptors (Lipinski definition) is 2. The summed E-state index contributed by atoms with van der Waals surface area (Å²) >= 11 is 0. The summed E-state index contributed by atoms with van der Waals surface area (Å²) < 4.78 is 25.8. The van der Waals surface area contributed by atoms with Gasteiger partial charge in [-0.05, 0) is 30.5 Å². The molecule has 0 amide bonds. The fourth-order valence-electron chi connectivity index (χ4n) is 2.54. The van der Waals surface area contributed by atoms with Crippen LogP contribution in [0.4, 0.5) is 8.78 Å². The maximum atomic E-state index is 13.0. The molecule has 0 aliphatic heterocycles. The number of carbonyl (C=O) groups is 1. The molecule has 1 aromatic carbocycles. The van der Waals surface area contributed by atoms with Crippen LogP contribution in [0.15, 0.2) is 18.2 Å². The molecule has 2 unspecified atom stereocenters. The Hall–Kier alpha value is -1.29. The first-order valence-electron chi connectivity index (χ1n) is 6.30. The van der Waals surface area contributed by atoms with Crippen LogP contribution in [-0.2, 0) is 11.2 Å². The topological polar surface area (TPSA) is 43.1 Å². The molecule has 0 spiro atoms. The molecule has 0 bridgehead atoms. The van der Waals surface area contributed by atoms with Crippen molar-refractivity contribution in [3.05, 3.63) is 35.4 Å². The number of hydrogen-bond donors (Lipinski definition) is 1. The highest BCUT2D eigenvalue weighted by Gasteiger charge is 2.27. The fraction of sp³-hybridized carbons (Fsp3) is 0.500. The molecular weight excluding hydrogens is 236 g/mol. The van der Waals surface area contributed by atoms with Gasteiger partial charge in [0, 0.05) is 18.4 Å². The average molecular weight is 253 g/mol. The Balaban J connectivity index is 2.04. The van der Waals surface area contributed by atoms with Gasteiger partial charge >= 0.3 is 0 Å². The molecule has 1 fully saturated rings. The smallest absolute Gasteiger partial charge is 0.159 e. The van der Waals surface area contributed by atoms with Crippen molar-refractivity contribution in [1.82, 2.24) is 0 Å². The first-order chi connectivity index (χ1) is 8.58. The van der Waals surface area contributed by atoms with Crippen LogP contribution in [0.1, 0.15) is 31.2 Å². The number of halogens is 2. The summed E-state index contributed by atoms with van der Waals surface area (Å²) in [6.07, 6.45) is 3.89. The molecule has 0 heterocycles. The van der Waals surface area contributed by atoms with Crippen LogP contribution in [-0.4, -0.2) is 11.8 Å². The van der Waals surface area contributed by atoms with Crippen molar-refractivity contribution in [2.45, 2.75) is 38.1 Å². The third-order valence-corrected chi connectivity index (χ3v) is 3.60. The summed E-state index contributed by atoms with van der Waals surface area (Å²) in [7, 11) is 0. The van der Waals surface area contributed by atoms with Gasteiger partial charge in [-0.2, -0.15) is 0 Å². The molecular formula is C14H17F2NO. The lowest BCUT2D eigenvalue weighted by Gasteiger charge is -2.27. The van der Waals surface area contributed by atoms with E-state index in [1.54, 1.807) is 0 Å². The van der Waals surface area contributed by atoms with Crippen molar-refractivity contribution in [3.63, 3.8) is 0 Å². The Morgan fingerprint density at radius 3 is 2.61 bits per heavy atom. The van der Waals surface area contributed by atoms with Gasteiger partial charge in [-0.1, -0.05) is 18.9 Å². The highest BCUT2D eigenvalue weighted by molar-refractivity contribution is 5.84. The molecule has 4 heteroatoms. The number of ketones is 1. The molecule has 0 aromatic heterocycles. The predicted molar refractivity (Wildman–Crippen MR) is 65.0 cm³/mol. The van der Waals surface area contributed by atoms with E-state index in [1.807, 2.05) is 0 Å². The minimum atomic E-state index is -0.909. The number of benzene rings is 1. The monoisotopic (exact) mass is 253 g/mol. The number of carbonyl (C=O) groups excluding carboxylic acids is 1. The van der Waals surface area contributed by atoms with Crippen LogP contribution in [0.25, 0.3) is 0 Å². The number of Topliss-reactive ketones (excluding diaryl/α,β-unsaturated/α-hetero) is 1. The zero-order chi connectivity index (χ0) is 13.1. The summed E-state index contributed by atoms with van der Waals surface area (Å²) in [6.45, 7) is 0. The van der Waals surface area contributed by atoms with E-state index >= 15 is 0 Å². The zero-order valence-electron chi connectivity index (χ0n) is 10.2. The first kappa shape index (κ1) is 13.1. The SMILES string of the molecule is NC1CCCCC1C(=O)Cc1ccc(F)c(F)c1. The van der Waals surface area contributed by atoms with E-state index in [2.05, 4.69) is 0 Å². The van der Waals surface area contributed by atoms with Crippen molar-refractivity contribution in [1.29, 1.82) is 0 Å². The molecule has 18 heavy (non-hydrogen) atoms. The van der Waals surface area contributed by atoms with Crippen LogP contribution < -0.4 is 5.73 Å². The molecule has 2 rings (SSSR count). The van der Waals surface area contributed by atoms with Crippen molar-refractivity contribution in [3.8, 4) is 0 Å². The van der Waals surface area contributed by atoms with Gasteiger partial charge in [-0.15, -0.1) is 0 Å². The molecule has 2 nitrogen and oxygen atoms in total. The second-order valence-electron chi connectivity index (χ2n) is 4.95. The van der Waals surface area contributed by atoms with Crippen molar-refractivity contribution in [2.75, 3.05) is 0 Å². The Bertz CT molecular complexity index is 447. The van der Waals surface area contributed by atoms with Crippen LogP contribution in [0.3, 0.4) is 0 Å². The highest BCUT2D eigenvalue weighted by Crippen LogP contribution is 2.25. The average Bonchev–Trinajstić information content (AvgIpc) is 2.34. The molecule has 0 saturated heterocycles. The van der Waals surface area contributed by atoms with Gasteiger partial charge in [0.05, 0.1) is 0 Å². The van der Waals surface area contributed by atoms with Gasteiger partial charge in [0.2, 0.25) is 0 Å². The van der Waals surface area contributed by atoms with E-state index in [4.69, 9.17) is 5.73 Å². The highest BCUT2D eigenvalue weighted by atomic mass is 19.2. The maximum Gasteiger partial charge on any atom is 0.159 e. The zero-order valence-corrected chi connectivity index (χ0v) is 10.2. The van der Waals surface area contributed by atoms with E-state index in [-0.39, 0.29) is 24.2 Å². The van der Waals surface area contributed by atoms with Crippen molar-refractivity contribution >= 4 is 5.78 Å². The Morgan fingerprint density at radius 1 is 1.22 bits per heavy atom. The van der Waals surface area contributed by atoms with E-state index < -0.39 is 11.6 Å². The number of rotatable bonds is 3. The lowest BCUT2D eigenvalue weighted by molar-refractivity contribution is -0.123. The van der Waals surface area contributed by atoms with Gasteiger partial charge in [0.1, 0.15) is 5.78 Å². The Morgan fingerprint density at radius 2 is 1.94 bits per heavy atom. The summed E-state index contributed by atoms with van der Waals surface area (Å²) in [4.78, 5) is 12.1. The van der Waals surface area contributed by atoms with Gasteiger partial charge in [0.25, 0.3) is 0 Å². The Kier molecular flexibility index (Phi) is 4.07. The van der Waals surface area contributed by atoms with E-state index in [0.29, 0.717) is 5.56 Å². The first-order valence-corrected chi connectivity index (χ1v) is 6.30. The lowest BCUT2D eigenvalue weighted by Crippen LogP contribution is -2.38. The second kappa shape index (κ2) is 5.57. The molecule has 1 aromatic rings. The van der Waals surface area contributed by atoms with Gasteiger partial charge in [-0.25, -0.2) is 8.78 Å².